The lowest BCUT2D eigenvalue weighted by molar-refractivity contribution is -0.394. The van der Waals surface area contributed by atoms with Crippen LogP contribution in [0.15, 0.2) is 12.2 Å². The Labute approximate surface area is 110 Å². The van der Waals surface area contributed by atoms with Gasteiger partial charge in [0.05, 0.1) is 25.4 Å². The van der Waals surface area contributed by atoms with Crippen LogP contribution in [0.3, 0.4) is 0 Å². The van der Waals surface area contributed by atoms with Crippen molar-refractivity contribution in [2.24, 2.45) is 0 Å². The maximum absolute atomic E-state index is 9.38. The topological polar surface area (TPSA) is 51.2 Å². The minimum atomic E-state index is -0.893. The summed E-state index contributed by atoms with van der Waals surface area (Å²) in [5.74, 6) is 0. The molecule has 0 aromatic heterocycles. The third-order valence-electron chi connectivity index (χ3n) is 1.84. The highest BCUT2D eigenvalue weighted by molar-refractivity contribution is 4.91. The summed E-state index contributed by atoms with van der Waals surface area (Å²) >= 11 is 0. The van der Waals surface area contributed by atoms with Crippen LogP contribution < -0.4 is 0 Å². The summed E-state index contributed by atoms with van der Waals surface area (Å²) in [6, 6.07) is 0. The molecule has 0 saturated carbocycles. The molecule has 5 nitrogen and oxygen atoms in total. The second-order valence-electron chi connectivity index (χ2n) is 4.79. The van der Waals surface area contributed by atoms with Crippen LogP contribution in [0, 0.1) is 0 Å². The van der Waals surface area contributed by atoms with Crippen LogP contribution in [-0.2, 0) is 14.4 Å². The molecule has 0 bridgehead atoms. The molecule has 0 fully saturated rings. The number of aliphatic hydroxyl groups excluding tert-OH is 1. The lowest BCUT2D eigenvalue weighted by atomic mass is 10.3. The van der Waals surface area contributed by atoms with Gasteiger partial charge in [-0.25, -0.2) is 0 Å². The van der Waals surface area contributed by atoms with Crippen molar-refractivity contribution in [2.45, 2.75) is 59.5 Å². The smallest absolute Gasteiger partial charge is 0.176 e. The Bertz CT molecular complexity index is 221. The van der Waals surface area contributed by atoms with Crippen molar-refractivity contribution in [2.75, 3.05) is 13.2 Å². The van der Waals surface area contributed by atoms with Crippen molar-refractivity contribution in [3.8, 4) is 0 Å². The van der Waals surface area contributed by atoms with E-state index in [9.17, 15) is 5.11 Å². The van der Waals surface area contributed by atoms with Crippen LogP contribution in [0.2, 0.25) is 0 Å². The summed E-state index contributed by atoms with van der Waals surface area (Å²) in [5, 5.41) is 10.9. The minimum Gasteiger partial charge on any atom is -0.364 e. The van der Waals surface area contributed by atoms with Crippen LogP contribution in [0.25, 0.3) is 0 Å². The molecule has 0 aliphatic rings. The Hall–Kier alpha value is -0.460. The molecule has 0 spiro atoms. The molecule has 108 valence electrons. The summed E-state index contributed by atoms with van der Waals surface area (Å²) in [4.78, 5) is 11.0. The molecule has 0 aliphatic heterocycles. The molecule has 18 heavy (non-hydrogen) atoms. The zero-order chi connectivity index (χ0) is 14.1. The molecule has 0 aliphatic carbocycles. The summed E-state index contributed by atoms with van der Waals surface area (Å²) in [7, 11) is 0. The predicted octanol–water partition coefficient (Wildman–Crippen LogP) is 2.27. The van der Waals surface area contributed by atoms with Gasteiger partial charge in [-0.15, -0.1) is 0 Å². The van der Waals surface area contributed by atoms with E-state index in [0.29, 0.717) is 25.1 Å². The summed E-state index contributed by atoms with van der Waals surface area (Å²) in [5.41, 5.74) is 0.601. The zero-order valence-corrected chi connectivity index (χ0v) is 12.2. The van der Waals surface area contributed by atoms with Gasteiger partial charge in [0.15, 0.2) is 6.29 Å². The van der Waals surface area contributed by atoms with Gasteiger partial charge < -0.3 is 9.84 Å². The van der Waals surface area contributed by atoms with E-state index in [1.807, 2.05) is 27.7 Å². The highest BCUT2D eigenvalue weighted by atomic mass is 17.0. The van der Waals surface area contributed by atoms with Crippen LogP contribution in [-0.4, -0.2) is 42.0 Å². The third-order valence-corrected chi connectivity index (χ3v) is 1.84. The molecular weight excluding hydrogens is 234 g/mol. The van der Waals surface area contributed by atoms with Crippen molar-refractivity contribution in [3.05, 3.63) is 12.2 Å². The number of ether oxygens (including phenoxy) is 1. The van der Waals surface area contributed by atoms with E-state index in [1.54, 1.807) is 6.92 Å². The van der Waals surface area contributed by atoms with Gasteiger partial charge in [-0.05, 0) is 46.6 Å². The van der Waals surface area contributed by atoms with Crippen LogP contribution in [0.5, 0.6) is 0 Å². The van der Waals surface area contributed by atoms with E-state index in [4.69, 9.17) is 14.4 Å². The second kappa shape index (κ2) is 9.47. The van der Waals surface area contributed by atoms with Gasteiger partial charge in [-0.3, -0.25) is 9.68 Å². The first kappa shape index (κ1) is 17.5. The van der Waals surface area contributed by atoms with Gasteiger partial charge in [-0.2, -0.15) is 0 Å². The fourth-order valence-corrected chi connectivity index (χ4v) is 1.13. The Balaban J connectivity index is 3.85. The summed E-state index contributed by atoms with van der Waals surface area (Å²) in [6.07, 6.45) is -0.0732. The number of aliphatic hydroxyl groups is 1. The number of nitrogens with zero attached hydrogens (tertiary/aromatic N) is 1. The van der Waals surface area contributed by atoms with Crippen molar-refractivity contribution < 1.29 is 19.5 Å². The predicted molar refractivity (Wildman–Crippen MR) is 70.5 cm³/mol. The first-order chi connectivity index (χ1) is 8.32. The van der Waals surface area contributed by atoms with Gasteiger partial charge in [0.25, 0.3) is 0 Å². The maximum Gasteiger partial charge on any atom is 0.176 e. The number of hydroxylamine groups is 2. The van der Waals surface area contributed by atoms with Crippen LogP contribution >= 0.6 is 0 Å². The zero-order valence-electron chi connectivity index (χ0n) is 12.2. The Morgan fingerprint density at radius 3 is 2.06 bits per heavy atom. The Kier molecular flexibility index (Phi) is 9.23. The molecule has 0 heterocycles. The number of rotatable bonds is 10. The first-order valence-corrected chi connectivity index (χ1v) is 6.39. The average molecular weight is 261 g/mol. The van der Waals surface area contributed by atoms with Crippen molar-refractivity contribution in [3.63, 3.8) is 0 Å². The molecule has 0 saturated heterocycles. The average Bonchev–Trinajstić information content (AvgIpc) is 2.21. The van der Waals surface area contributed by atoms with Crippen molar-refractivity contribution in [1.29, 1.82) is 0 Å². The van der Waals surface area contributed by atoms with Crippen LogP contribution in [0.4, 0.5) is 0 Å². The second-order valence-corrected chi connectivity index (χ2v) is 4.79. The first-order valence-electron chi connectivity index (χ1n) is 6.39. The fraction of sp³-hybridized carbons (Fsp3) is 0.846. The monoisotopic (exact) mass is 261 g/mol. The van der Waals surface area contributed by atoms with Crippen molar-refractivity contribution >= 4 is 0 Å². The molecule has 1 N–H and O–H groups in total. The fourth-order valence-electron chi connectivity index (χ4n) is 1.13. The van der Waals surface area contributed by atoms with Gasteiger partial charge in [0, 0.05) is 0 Å². The van der Waals surface area contributed by atoms with Crippen molar-refractivity contribution in [1.82, 2.24) is 5.23 Å². The molecule has 0 radical (unpaired) electrons. The summed E-state index contributed by atoms with van der Waals surface area (Å²) in [6.45, 7) is 14.1. The molecule has 0 aromatic rings. The number of hydrogen-bond donors (Lipinski definition) is 1. The van der Waals surface area contributed by atoms with E-state index in [1.165, 1.54) is 5.23 Å². The molecule has 0 amide bonds. The van der Waals surface area contributed by atoms with E-state index in [0.717, 1.165) is 0 Å². The molecule has 1 unspecified atom stereocenters. The molecule has 0 aromatic carbocycles. The van der Waals surface area contributed by atoms with Gasteiger partial charge in [0.2, 0.25) is 0 Å². The largest absolute Gasteiger partial charge is 0.364 e. The van der Waals surface area contributed by atoms with Crippen LogP contribution in [0.1, 0.15) is 41.0 Å². The standard InChI is InChI=1S/C13H27NO4/c1-10(2)13(15)16-9-7-8-14(17-11(3)4)18-12(5)6/h11-13,15H,1,7-9H2,2-6H3. The molecular formula is C13H27NO4. The molecule has 5 heteroatoms. The lowest BCUT2D eigenvalue weighted by Gasteiger charge is -2.25. The molecule has 1 atom stereocenters. The Morgan fingerprint density at radius 1 is 1.17 bits per heavy atom. The maximum atomic E-state index is 9.38. The minimum absolute atomic E-state index is 0.0608. The SMILES string of the molecule is C=C(C)C(O)OCCCN(OC(C)C)OC(C)C. The van der Waals surface area contributed by atoms with E-state index in [2.05, 4.69) is 6.58 Å². The van der Waals surface area contributed by atoms with E-state index < -0.39 is 6.29 Å². The van der Waals surface area contributed by atoms with Gasteiger partial charge >= 0.3 is 0 Å². The van der Waals surface area contributed by atoms with E-state index >= 15 is 0 Å². The highest BCUT2D eigenvalue weighted by Gasteiger charge is 2.11. The Morgan fingerprint density at radius 2 is 1.67 bits per heavy atom. The number of hydrogen-bond acceptors (Lipinski definition) is 5. The van der Waals surface area contributed by atoms with Gasteiger partial charge in [-0.1, -0.05) is 11.8 Å². The lowest BCUT2D eigenvalue weighted by Crippen LogP contribution is -2.32. The molecule has 0 rings (SSSR count). The summed E-state index contributed by atoms with van der Waals surface area (Å²) < 4.78 is 5.18. The van der Waals surface area contributed by atoms with E-state index in [-0.39, 0.29) is 12.2 Å². The normalized spacial score (nSPS) is 13.6. The highest BCUT2D eigenvalue weighted by Crippen LogP contribution is 2.05. The quantitative estimate of drug-likeness (QED) is 0.283. The third kappa shape index (κ3) is 9.56. The van der Waals surface area contributed by atoms with Gasteiger partial charge in [0.1, 0.15) is 0 Å².